The van der Waals surface area contributed by atoms with Gasteiger partial charge in [0.2, 0.25) is 11.8 Å². The van der Waals surface area contributed by atoms with E-state index in [-0.39, 0.29) is 0 Å². The molecule has 1 fully saturated rings. The van der Waals surface area contributed by atoms with Crippen molar-refractivity contribution in [3.8, 4) is 11.5 Å². The molecule has 3 heterocycles. The van der Waals surface area contributed by atoms with Crippen LogP contribution < -0.4 is 10.6 Å². The molecular formula is C23H23N7O. The van der Waals surface area contributed by atoms with Crippen molar-refractivity contribution in [2.45, 2.75) is 32.1 Å². The smallest absolute Gasteiger partial charge is 0.253 e. The Morgan fingerprint density at radius 2 is 1.90 bits per heavy atom. The van der Waals surface area contributed by atoms with Gasteiger partial charge in [0.05, 0.1) is 0 Å². The summed E-state index contributed by atoms with van der Waals surface area (Å²) in [6, 6.07) is 12.1. The molecule has 1 aliphatic rings. The maximum absolute atomic E-state index is 5.91. The first-order chi connectivity index (χ1) is 15.3. The third-order valence-electron chi connectivity index (χ3n) is 5.23. The van der Waals surface area contributed by atoms with Gasteiger partial charge in [-0.2, -0.15) is 4.98 Å². The van der Waals surface area contributed by atoms with E-state index >= 15 is 0 Å². The summed E-state index contributed by atoms with van der Waals surface area (Å²) in [4.78, 5) is 13.2. The first-order valence-electron chi connectivity index (χ1n) is 10.4. The highest BCUT2D eigenvalue weighted by atomic mass is 16.4. The lowest BCUT2D eigenvalue weighted by Gasteiger charge is -2.13. The maximum atomic E-state index is 5.91. The van der Waals surface area contributed by atoms with E-state index in [4.69, 9.17) is 9.40 Å². The number of hydrogen-bond donors (Lipinski definition) is 2. The van der Waals surface area contributed by atoms with E-state index in [1.807, 2.05) is 30.3 Å². The van der Waals surface area contributed by atoms with Crippen LogP contribution in [0.15, 0.2) is 59.4 Å². The molecule has 8 heteroatoms. The molecule has 31 heavy (non-hydrogen) atoms. The third-order valence-corrected chi connectivity index (χ3v) is 5.23. The van der Waals surface area contributed by atoms with Crippen LogP contribution in [0.1, 0.15) is 35.8 Å². The van der Waals surface area contributed by atoms with Gasteiger partial charge in [0, 0.05) is 36.7 Å². The predicted octanol–water partition coefficient (Wildman–Crippen LogP) is 4.51. The lowest BCUT2D eigenvalue weighted by molar-refractivity contribution is 0.508. The van der Waals surface area contributed by atoms with E-state index in [1.54, 1.807) is 18.6 Å². The molecule has 3 aromatic heterocycles. The summed E-state index contributed by atoms with van der Waals surface area (Å²) in [5, 5.41) is 15.2. The largest absolute Gasteiger partial charge is 0.420 e. The number of pyridine rings is 1. The van der Waals surface area contributed by atoms with Gasteiger partial charge >= 0.3 is 0 Å². The summed E-state index contributed by atoms with van der Waals surface area (Å²) < 4.78 is 5.91. The standard InChI is InChI=1S/C23H23N7O/c1-15-4-2-3-5-19(15)27-20-18(22-30-29-21(31-22)17-6-7-17)14-26-23(28-20)25-13-10-16-8-11-24-12-9-16/h2-5,8-9,11-12,14,17H,6-7,10,13H2,1H3,(H2,25,26,27,28). The molecule has 0 amide bonds. The van der Waals surface area contributed by atoms with Crippen molar-refractivity contribution in [3.63, 3.8) is 0 Å². The predicted molar refractivity (Wildman–Crippen MR) is 118 cm³/mol. The van der Waals surface area contributed by atoms with Crippen molar-refractivity contribution in [2.75, 3.05) is 17.2 Å². The van der Waals surface area contributed by atoms with Crippen LogP contribution in [0.25, 0.3) is 11.5 Å². The summed E-state index contributed by atoms with van der Waals surface area (Å²) in [6.07, 6.45) is 8.38. The molecule has 1 saturated carbocycles. The highest BCUT2D eigenvalue weighted by Gasteiger charge is 2.30. The number of para-hydroxylation sites is 1. The van der Waals surface area contributed by atoms with Gasteiger partial charge in [-0.05, 0) is 55.5 Å². The van der Waals surface area contributed by atoms with Crippen LogP contribution in [0.4, 0.5) is 17.5 Å². The number of benzene rings is 1. The Labute approximate surface area is 180 Å². The Hall–Kier alpha value is -3.81. The van der Waals surface area contributed by atoms with Crippen LogP contribution in [-0.4, -0.2) is 31.7 Å². The van der Waals surface area contributed by atoms with Gasteiger partial charge in [0.1, 0.15) is 11.4 Å². The molecule has 8 nitrogen and oxygen atoms in total. The van der Waals surface area contributed by atoms with Gasteiger partial charge < -0.3 is 15.1 Å². The van der Waals surface area contributed by atoms with Crippen molar-refractivity contribution in [2.24, 2.45) is 0 Å². The van der Waals surface area contributed by atoms with Crippen molar-refractivity contribution >= 4 is 17.5 Å². The fourth-order valence-corrected chi connectivity index (χ4v) is 3.27. The minimum absolute atomic E-state index is 0.393. The van der Waals surface area contributed by atoms with E-state index in [0.717, 1.165) is 30.5 Å². The third kappa shape index (κ3) is 4.53. The monoisotopic (exact) mass is 413 g/mol. The van der Waals surface area contributed by atoms with Crippen LogP contribution in [0, 0.1) is 6.92 Å². The van der Waals surface area contributed by atoms with Crippen LogP contribution in [0.5, 0.6) is 0 Å². The van der Waals surface area contributed by atoms with Crippen LogP contribution in [-0.2, 0) is 6.42 Å². The highest BCUT2D eigenvalue weighted by Crippen LogP contribution is 2.40. The van der Waals surface area contributed by atoms with Gasteiger partial charge in [-0.1, -0.05) is 18.2 Å². The average molecular weight is 413 g/mol. The van der Waals surface area contributed by atoms with Crippen molar-refractivity contribution in [1.82, 2.24) is 25.1 Å². The topological polar surface area (TPSA) is 102 Å². The molecule has 1 aromatic carbocycles. The van der Waals surface area contributed by atoms with E-state index in [9.17, 15) is 0 Å². The first kappa shape index (κ1) is 19.2. The molecule has 4 aromatic rings. The Morgan fingerprint density at radius 1 is 1.06 bits per heavy atom. The minimum Gasteiger partial charge on any atom is -0.420 e. The first-order valence-corrected chi connectivity index (χ1v) is 10.4. The number of aromatic nitrogens is 5. The number of aryl methyl sites for hydroxylation is 1. The summed E-state index contributed by atoms with van der Waals surface area (Å²) in [5.74, 6) is 2.68. The van der Waals surface area contributed by atoms with E-state index in [2.05, 4.69) is 43.8 Å². The quantitative estimate of drug-likeness (QED) is 0.435. The molecule has 2 N–H and O–H groups in total. The van der Waals surface area contributed by atoms with Crippen molar-refractivity contribution in [1.29, 1.82) is 0 Å². The Morgan fingerprint density at radius 3 is 2.71 bits per heavy atom. The summed E-state index contributed by atoms with van der Waals surface area (Å²) in [6.45, 7) is 2.76. The SMILES string of the molecule is Cc1ccccc1Nc1nc(NCCc2ccncc2)ncc1-c1nnc(C2CC2)o1. The van der Waals surface area contributed by atoms with Gasteiger partial charge in [0.25, 0.3) is 5.89 Å². The molecule has 5 rings (SSSR count). The summed E-state index contributed by atoms with van der Waals surface area (Å²) >= 11 is 0. The second-order valence-electron chi connectivity index (χ2n) is 7.65. The molecule has 0 atom stereocenters. The summed E-state index contributed by atoms with van der Waals surface area (Å²) in [7, 11) is 0. The second-order valence-corrected chi connectivity index (χ2v) is 7.65. The van der Waals surface area contributed by atoms with Gasteiger partial charge in [-0.15, -0.1) is 10.2 Å². The van der Waals surface area contributed by atoms with E-state index < -0.39 is 0 Å². The Kier molecular flexibility index (Phi) is 5.26. The normalized spacial score (nSPS) is 13.2. The molecule has 156 valence electrons. The van der Waals surface area contributed by atoms with Crippen LogP contribution >= 0.6 is 0 Å². The minimum atomic E-state index is 0.393. The van der Waals surface area contributed by atoms with Gasteiger partial charge in [0.15, 0.2) is 0 Å². The molecular weight excluding hydrogens is 390 g/mol. The van der Waals surface area contributed by atoms with E-state index in [0.29, 0.717) is 41.6 Å². The van der Waals surface area contributed by atoms with E-state index in [1.165, 1.54) is 5.56 Å². The van der Waals surface area contributed by atoms with Gasteiger partial charge in [-0.3, -0.25) is 4.98 Å². The van der Waals surface area contributed by atoms with Crippen molar-refractivity contribution < 1.29 is 4.42 Å². The fraction of sp³-hybridized carbons (Fsp3) is 0.261. The Bertz CT molecular complexity index is 1170. The maximum Gasteiger partial charge on any atom is 0.253 e. The molecule has 1 aliphatic carbocycles. The zero-order valence-electron chi connectivity index (χ0n) is 17.2. The lowest BCUT2D eigenvalue weighted by atomic mass is 10.2. The zero-order valence-corrected chi connectivity index (χ0v) is 17.2. The molecule has 0 bridgehead atoms. The molecule has 0 aliphatic heterocycles. The summed E-state index contributed by atoms with van der Waals surface area (Å²) in [5.41, 5.74) is 3.97. The lowest BCUT2D eigenvalue weighted by Crippen LogP contribution is -2.09. The van der Waals surface area contributed by atoms with Crippen LogP contribution in [0.3, 0.4) is 0 Å². The molecule has 0 unspecified atom stereocenters. The molecule has 0 spiro atoms. The Balaban J connectivity index is 1.40. The van der Waals surface area contributed by atoms with Crippen LogP contribution in [0.2, 0.25) is 0 Å². The number of hydrogen-bond acceptors (Lipinski definition) is 8. The molecule has 0 saturated heterocycles. The van der Waals surface area contributed by atoms with Crippen molar-refractivity contribution in [3.05, 3.63) is 72.0 Å². The number of nitrogens with one attached hydrogen (secondary N) is 2. The highest BCUT2D eigenvalue weighted by molar-refractivity contribution is 5.74. The average Bonchev–Trinajstić information content (AvgIpc) is 3.53. The van der Waals surface area contributed by atoms with Gasteiger partial charge in [-0.25, -0.2) is 4.98 Å². The second kappa shape index (κ2) is 8.51. The number of rotatable bonds is 8. The number of anilines is 3. The number of nitrogens with zero attached hydrogens (tertiary/aromatic N) is 5. The zero-order chi connectivity index (χ0) is 21.0. The molecule has 0 radical (unpaired) electrons. The fourth-order valence-electron chi connectivity index (χ4n) is 3.27.